The summed E-state index contributed by atoms with van der Waals surface area (Å²) in [5.74, 6) is 0.307. The molecule has 0 radical (unpaired) electrons. The molecule has 1 heterocycles. The highest BCUT2D eigenvalue weighted by Gasteiger charge is 2.18. The first-order chi connectivity index (χ1) is 10.00. The Bertz CT molecular complexity index is 577. The van der Waals surface area contributed by atoms with E-state index in [1.54, 1.807) is 0 Å². The summed E-state index contributed by atoms with van der Waals surface area (Å²) in [6.07, 6.45) is 0.671. The number of carbonyl (C=O) groups is 1. The first kappa shape index (κ1) is 15.9. The predicted octanol–water partition coefficient (Wildman–Crippen LogP) is 2.18. The van der Waals surface area contributed by atoms with Gasteiger partial charge in [0.2, 0.25) is 5.91 Å². The van der Waals surface area contributed by atoms with E-state index in [1.165, 1.54) is 11.8 Å². The smallest absolute Gasteiger partial charge is 0.230 e. The average molecular weight is 307 g/mol. The van der Waals surface area contributed by atoms with Crippen molar-refractivity contribution in [3.8, 4) is 0 Å². The van der Waals surface area contributed by atoms with E-state index in [9.17, 15) is 4.79 Å². The summed E-state index contributed by atoms with van der Waals surface area (Å²) >= 11 is 1.39. The number of aliphatic hydroxyl groups is 1. The SMILES string of the molecule is CC(C)(CCO)CNC(=O)CSc1nc2ccccc2[nH]1. The van der Waals surface area contributed by atoms with Crippen molar-refractivity contribution in [2.75, 3.05) is 18.9 Å². The third-order valence-electron chi connectivity index (χ3n) is 3.26. The second-order valence-corrected chi connectivity index (χ2v) is 6.73. The number of H-pyrrole nitrogens is 1. The molecular weight excluding hydrogens is 286 g/mol. The van der Waals surface area contributed by atoms with Crippen molar-refractivity contribution in [3.63, 3.8) is 0 Å². The number of benzene rings is 1. The Labute approximate surface area is 128 Å². The molecule has 0 bridgehead atoms. The van der Waals surface area contributed by atoms with Crippen LogP contribution in [0.4, 0.5) is 0 Å². The van der Waals surface area contributed by atoms with Gasteiger partial charge >= 0.3 is 0 Å². The molecule has 1 aromatic carbocycles. The van der Waals surface area contributed by atoms with Crippen molar-refractivity contribution >= 4 is 28.7 Å². The molecule has 0 aliphatic heterocycles. The number of hydrogen-bond donors (Lipinski definition) is 3. The van der Waals surface area contributed by atoms with Crippen molar-refractivity contribution < 1.29 is 9.90 Å². The third-order valence-corrected chi connectivity index (χ3v) is 4.13. The highest BCUT2D eigenvalue weighted by atomic mass is 32.2. The summed E-state index contributed by atoms with van der Waals surface area (Å²) in [6.45, 7) is 4.75. The fourth-order valence-electron chi connectivity index (χ4n) is 1.91. The van der Waals surface area contributed by atoms with Crippen LogP contribution in [-0.4, -0.2) is 39.9 Å². The first-order valence-corrected chi connectivity index (χ1v) is 7.94. The number of carbonyl (C=O) groups excluding carboxylic acids is 1. The Hall–Kier alpha value is -1.53. The quantitative estimate of drug-likeness (QED) is 0.685. The fourth-order valence-corrected chi connectivity index (χ4v) is 2.63. The van der Waals surface area contributed by atoms with Crippen LogP contribution in [0.25, 0.3) is 11.0 Å². The molecule has 1 amide bonds. The Balaban J connectivity index is 1.81. The number of nitrogens with zero attached hydrogens (tertiary/aromatic N) is 1. The van der Waals surface area contributed by atoms with Gasteiger partial charge in [0, 0.05) is 13.2 Å². The van der Waals surface area contributed by atoms with Crippen molar-refractivity contribution in [1.29, 1.82) is 0 Å². The molecule has 0 saturated carbocycles. The zero-order chi connectivity index (χ0) is 15.3. The second kappa shape index (κ2) is 6.95. The lowest BCUT2D eigenvalue weighted by molar-refractivity contribution is -0.119. The fraction of sp³-hybridized carbons (Fsp3) is 0.467. The van der Waals surface area contributed by atoms with Gasteiger partial charge in [-0.3, -0.25) is 4.79 Å². The lowest BCUT2D eigenvalue weighted by Gasteiger charge is -2.23. The lowest BCUT2D eigenvalue weighted by Crippen LogP contribution is -2.35. The van der Waals surface area contributed by atoms with Crippen LogP contribution in [0.1, 0.15) is 20.3 Å². The molecule has 0 aliphatic rings. The molecular formula is C15H21N3O2S. The van der Waals surface area contributed by atoms with Gasteiger partial charge in [-0.1, -0.05) is 37.7 Å². The predicted molar refractivity (Wildman–Crippen MR) is 85.3 cm³/mol. The molecule has 0 fully saturated rings. The van der Waals surface area contributed by atoms with Gasteiger partial charge in [-0.2, -0.15) is 0 Å². The van der Waals surface area contributed by atoms with E-state index in [0.29, 0.717) is 18.7 Å². The van der Waals surface area contributed by atoms with Gasteiger partial charge in [0.25, 0.3) is 0 Å². The summed E-state index contributed by atoms with van der Waals surface area (Å²) in [4.78, 5) is 19.4. The molecule has 1 aromatic heterocycles. The topological polar surface area (TPSA) is 78.0 Å². The van der Waals surface area contributed by atoms with Crippen LogP contribution in [0.15, 0.2) is 29.4 Å². The number of imidazole rings is 1. The van der Waals surface area contributed by atoms with Gasteiger partial charge in [-0.25, -0.2) is 4.98 Å². The van der Waals surface area contributed by atoms with Crippen molar-refractivity contribution in [2.24, 2.45) is 5.41 Å². The minimum atomic E-state index is -0.0889. The minimum Gasteiger partial charge on any atom is -0.396 e. The lowest BCUT2D eigenvalue weighted by atomic mass is 9.90. The number of aromatic amines is 1. The first-order valence-electron chi connectivity index (χ1n) is 6.95. The molecule has 6 heteroatoms. The van der Waals surface area contributed by atoms with Gasteiger partial charge in [0.05, 0.1) is 16.8 Å². The summed E-state index contributed by atoms with van der Waals surface area (Å²) < 4.78 is 0. The average Bonchev–Trinajstić information content (AvgIpc) is 2.86. The number of amides is 1. The maximum atomic E-state index is 11.8. The number of aliphatic hydroxyl groups excluding tert-OH is 1. The Kier molecular flexibility index (Phi) is 5.25. The molecule has 21 heavy (non-hydrogen) atoms. The highest BCUT2D eigenvalue weighted by Crippen LogP contribution is 2.20. The van der Waals surface area contributed by atoms with Gasteiger partial charge in [0.1, 0.15) is 0 Å². The van der Waals surface area contributed by atoms with Crippen LogP contribution in [0.3, 0.4) is 0 Å². The van der Waals surface area contributed by atoms with Crippen LogP contribution in [0.2, 0.25) is 0 Å². The van der Waals surface area contributed by atoms with Crippen LogP contribution in [0, 0.1) is 5.41 Å². The second-order valence-electron chi connectivity index (χ2n) is 5.76. The van der Waals surface area contributed by atoms with Gasteiger partial charge in [-0.05, 0) is 24.0 Å². The van der Waals surface area contributed by atoms with E-state index in [4.69, 9.17) is 5.11 Å². The van der Waals surface area contributed by atoms with Gasteiger partial charge < -0.3 is 15.4 Å². The van der Waals surface area contributed by atoms with Crippen LogP contribution in [-0.2, 0) is 4.79 Å². The number of hydrogen-bond acceptors (Lipinski definition) is 4. The third kappa shape index (κ3) is 4.75. The van der Waals surface area contributed by atoms with Gasteiger partial charge in [-0.15, -0.1) is 0 Å². The number of para-hydroxylation sites is 2. The molecule has 2 rings (SSSR count). The molecule has 0 atom stereocenters. The van der Waals surface area contributed by atoms with Crippen LogP contribution >= 0.6 is 11.8 Å². The molecule has 0 unspecified atom stereocenters. The Morgan fingerprint density at radius 3 is 2.90 bits per heavy atom. The number of rotatable bonds is 7. The molecule has 2 aromatic rings. The molecule has 0 saturated heterocycles. The molecule has 5 nitrogen and oxygen atoms in total. The number of nitrogens with one attached hydrogen (secondary N) is 2. The zero-order valence-corrected chi connectivity index (χ0v) is 13.2. The summed E-state index contributed by atoms with van der Waals surface area (Å²) in [6, 6.07) is 7.79. The van der Waals surface area contributed by atoms with Crippen LogP contribution in [0.5, 0.6) is 0 Å². The highest BCUT2D eigenvalue weighted by molar-refractivity contribution is 7.99. The van der Waals surface area contributed by atoms with Crippen LogP contribution < -0.4 is 5.32 Å². The maximum Gasteiger partial charge on any atom is 0.230 e. The van der Waals surface area contributed by atoms with E-state index >= 15 is 0 Å². The molecule has 3 N–H and O–H groups in total. The summed E-state index contributed by atoms with van der Waals surface area (Å²) in [5.41, 5.74) is 1.79. The van der Waals surface area contributed by atoms with E-state index < -0.39 is 0 Å². The normalized spacial score (nSPS) is 11.8. The minimum absolute atomic E-state index is 0.0218. The zero-order valence-electron chi connectivity index (χ0n) is 12.3. The molecule has 114 valence electrons. The Morgan fingerprint density at radius 1 is 1.43 bits per heavy atom. The summed E-state index contributed by atoms with van der Waals surface area (Å²) in [7, 11) is 0. The van der Waals surface area contributed by atoms with Crippen molar-refractivity contribution in [3.05, 3.63) is 24.3 Å². The molecule has 0 aliphatic carbocycles. The summed E-state index contributed by atoms with van der Waals surface area (Å²) in [5, 5.41) is 12.6. The van der Waals surface area contributed by atoms with Gasteiger partial charge in [0.15, 0.2) is 5.16 Å². The standard InChI is InChI=1S/C15H21N3O2S/c1-15(2,7-8-19)10-16-13(20)9-21-14-17-11-5-3-4-6-12(11)18-14/h3-6,19H,7-10H2,1-2H3,(H,16,20)(H,17,18). The number of thioether (sulfide) groups is 1. The molecule has 0 spiro atoms. The Morgan fingerprint density at radius 2 is 2.19 bits per heavy atom. The van der Waals surface area contributed by atoms with E-state index in [-0.39, 0.29) is 17.9 Å². The number of fused-ring (bicyclic) bond motifs is 1. The van der Waals surface area contributed by atoms with E-state index in [1.807, 2.05) is 38.1 Å². The number of aromatic nitrogens is 2. The van der Waals surface area contributed by atoms with Crippen molar-refractivity contribution in [1.82, 2.24) is 15.3 Å². The van der Waals surface area contributed by atoms with E-state index in [2.05, 4.69) is 15.3 Å². The maximum absolute atomic E-state index is 11.8. The monoisotopic (exact) mass is 307 g/mol. The van der Waals surface area contributed by atoms with Crippen molar-refractivity contribution in [2.45, 2.75) is 25.4 Å². The largest absolute Gasteiger partial charge is 0.396 e. The van der Waals surface area contributed by atoms with E-state index in [0.717, 1.165) is 16.2 Å².